The molecule has 9 heteroatoms. The minimum absolute atomic E-state index is 0.228. The second kappa shape index (κ2) is 9.04. The molecular formula is C27H31N5O2S2. The van der Waals surface area contributed by atoms with Crippen molar-refractivity contribution >= 4 is 48.3 Å². The van der Waals surface area contributed by atoms with Crippen molar-refractivity contribution in [3.05, 3.63) is 52.8 Å². The Kier molecular flexibility index (Phi) is 5.97. The van der Waals surface area contributed by atoms with E-state index in [4.69, 9.17) is 9.97 Å². The molecule has 0 N–H and O–H groups in total. The van der Waals surface area contributed by atoms with Crippen LogP contribution in [-0.4, -0.2) is 53.9 Å². The van der Waals surface area contributed by atoms with Gasteiger partial charge in [0, 0.05) is 48.6 Å². The summed E-state index contributed by atoms with van der Waals surface area (Å²) in [5.41, 5.74) is 1.94. The van der Waals surface area contributed by atoms with Crippen LogP contribution >= 0.6 is 11.3 Å². The second-order valence-corrected chi connectivity index (χ2v) is 13.3. The molecule has 7 nitrogen and oxygen atoms in total. The molecule has 1 fully saturated rings. The largest absolute Gasteiger partial charge is 0.353 e. The van der Waals surface area contributed by atoms with E-state index in [1.54, 1.807) is 22.6 Å². The summed E-state index contributed by atoms with van der Waals surface area (Å²) >= 11 is 1.83. The van der Waals surface area contributed by atoms with Crippen LogP contribution in [0.15, 0.2) is 41.4 Å². The average molecular weight is 522 g/mol. The van der Waals surface area contributed by atoms with Gasteiger partial charge >= 0.3 is 0 Å². The molecule has 3 aromatic heterocycles. The molecule has 4 heterocycles. The summed E-state index contributed by atoms with van der Waals surface area (Å²) in [7, 11) is -3.65. The number of pyridine rings is 1. The van der Waals surface area contributed by atoms with E-state index >= 15 is 0 Å². The van der Waals surface area contributed by atoms with Gasteiger partial charge in [0.2, 0.25) is 10.0 Å². The van der Waals surface area contributed by atoms with E-state index in [0.717, 1.165) is 34.7 Å². The lowest BCUT2D eigenvalue weighted by molar-refractivity contribution is 0.384. The quantitative estimate of drug-likeness (QED) is 0.376. The lowest BCUT2D eigenvalue weighted by Crippen LogP contribution is -2.49. The highest BCUT2D eigenvalue weighted by atomic mass is 32.2. The Labute approximate surface area is 216 Å². The maximum absolute atomic E-state index is 13.6. The van der Waals surface area contributed by atoms with Crippen molar-refractivity contribution in [2.75, 3.05) is 31.1 Å². The minimum Gasteiger partial charge on any atom is -0.353 e. The number of nitrogens with zero attached hydrogens (tertiary/aromatic N) is 5. The van der Waals surface area contributed by atoms with Gasteiger partial charge in [-0.1, -0.05) is 39.0 Å². The number of anilines is 1. The van der Waals surface area contributed by atoms with Crippen molar-refractivity contribution in [2.24, 2.45) is 5.92 Å². The number of fused-ring (bicyclic) bond motifs is 4. The molecule has 188 valence electrons. The number of rotatable bonds is 4. The van der Waals surface area contributed by atoms with Crippen molar-refractivity contribution in [2.45, 2.75) is 50.8 Å². The normalized spacial score (nSPS) is 19.3. The van der Waals surface area contributed by atoms with E-state index in [0.29, 0.717) is 37.6 Å². The number of hydrogen-bond acceptors (Lipinski definition) is 7. The SMILES string of the molecule is CC1CCc2c(sc3nc(C(C)C)nc(N4CCN(S(=O)(=O)c5cccc6cccnc56)CC4)c23)C1. The fourth-order valence-corrected chi connectivity index (χ4v) is 8.36. The summed E-state index contributed by atoms with van der Waals surface area (Å²) in [6.45, 7) is 8.61. The average Bonchev–Trinajstić information content (AvgIpc) is 3.25. The van der Waals surface area contributed by atoms with Crippen LogP contribution in [0.2, 0.25) is 0 Å². The highest BCUT2D eigenvalue weighted by Gasteiger charge is 2.33. The smallest absolute Gasteiger partial charge is 0.245 e. The summed E-state index contributed by atoms with van der Waals surface area (Å²) < 4.78 is 28.8. The van der Waals surface area contributed by atoms with Gasteiger partial charge in [0.1, 0.15) is 21.4 Å². The molecular weight excluding hydrogens is 490 g/mol. The predicted molar refractivity (Wildman–Crippen MR) is 145 cm³/mol. The van der Waals surface area contributed by atoms with Crippen LogP contribution in [0.4, 0.5) is 5.82 Å². The monoisotopic (exact) mass is 521 g/mol. The summed E-state index contributed by atoms with van der Waals surface area (Å²) in [4.78, 5) is 19.5. The number of sulfonamides is 1. The third-order valence-electron chi connectivity index (χ3n) is 7.42. The van der Waals surface area contributed by atoms with Gasteiger partial charge in [-0.25, -0.2) is 18.4 Å². The van der Waals surface area contributed by atoms with Crippen molar-refractivity contribution in [3.63, 3.8) is 0 Å². The number of aromatic nitrogens is 3. The Hall–Kier alpha value is -2.62. The molecule has 4 aromatic rings. The molecule has 36 heavy (non-hydrogen) atoms. The van der Waals surface area contributed by atoms with Gasteiger partial charge < -0.3 is 4.90 Å². The van der Waals surface area contributed by atoms with Gasteiger partial charge in [-0.2, -0.15) is 4.31 Å². The molecule has 0 amide bonds. The number of thiophene rings is 1. The van der Waals surface area contributed by atoms with E-state index in [1.165, 1.54) is 22.2 Å². The maximum Gasteiger partial charge on any atom is 0.245 e. The van der Waals surface area contributed by atoms with Gasteiger partial charge in [0.25, 0.3) is 0 Å². The second-order valence-electron chi connectivity index (χ2n) is 10.3. The van der Waals surface area contributed by atoms with Crippen LogP contribution in [0, 0.1) is 5.92 Å². The minimum atomic E-state index is -3.65. The highest BCUT2D eigenvalue weighted by molar-refractivity contribution is 7.89. The molecule has 0 bridgehead atoms. The van der Waals surface area contributed by atoms with Gasteiger partial charge in [0.05, 0.1) is 10.9 Å². The topological polar surface area (TPSA) is 79.3 Å². The maximum atomic E-state index is 13.6. The summed E-state index contributed by atoms with van der Waals surface area (Å²) in [6, 6.07) is 9.08. The highest BCUT2D eigenvalue weighted by Crippen LogP contribution is 2.42. The number of benzene rings is 1. The van der Waals surface area contributed by atoms with Crippen molar-refractivity contribution in [3.8, 4) is 0 Å². The van der Waals surface area contributed by atoms with Crippen LogP contribution in [0.25, 0.3) is 21.1 Å². The molecule has 0 spiro atoms. The molecule has 0 saturated carbocycles. The summed E-state index contributed by atoms with van der Waals surface area (Å²) in [6.07, 6.45) is 5.01. The van der Waals surface area contributed by atoms with Gasteiger partial charge in [0.15, 0.2) is 0 Å². The lowest BCUT2D eigenvalue weighted by atomic mass is 9.89. The van der Waals surface area contributed by atoms with E-state index in [9.17, 15) is 8.42 Å². The Morgan fingerprint density at radius 3 is 2.61 bits per heavy atom. The zero-order valence-corrected chi connectivity index (χ0v) is 22.6. The molecule has 1 aliphatic carbocycles. The van der Waals surface area contributed by atoms with Crippen LogP contribution in [0.1, 0.15) is 49.4 Å². The number of hydrogen-bond donors (Lipinski definition) is 0. The zero-order chi connectivity index (χ0) is 25.0. The number of para-hydroxylation sites is 1. The molecule has 1 aliphatic heterocycles. The van der Waals surface area contributed by atoms with Gasteiger partial charge in [-0.05, 0) is 42.9 Å². The summed E-state index contributed by atoms with van der Waals surface area (Å²) in [5.74, 6) is 2.77. The number of piperazine rings is 1. The van der Waals surface area contributed by atoms with E-state index in [-0.39, 0.29) is 10.8 Å². The predicted octanol–water partition coefficient (Wildman–Crippen LogP) is 5.00. The van der Waals surface area contributed by atoms with Crippen LogP contribution in [0.3, 0.4) is 0 Å². The molecule has 6 rings (SSSR count). The van der Waals surface area contributed by atoms with Gasteiger partial charge in [-0.3, -0.25) is 4.98 Å². The van der Waals surface area contributed by atoms with Crippen molar-refractivity contribution < 1.29 is 8.42 Å². The first-order chi connectivity index (χ1) is 17.3. The third kappa shape index (κ3) is 3.97. The molecule has 0 radical (unpaired) electrons. The van der Waals surface area contributed by atoms with E-state index < -0.39 is 10.0 Å². The Morgan fingerprint density at radius 2 is 1.83 bits per heavy atom. The van der Waals surface area contributed by atoms with E-state index in [1.807, 2.05) is 29.5 Å². The lowest BCUT2D eigenvalue weighted by Gasteiger charge is -2.35. The standard InChI is InChI=1S/C27H31N5O2S2/c1-17(2)25-29-26(23-20-10-9-18(3)16-21(20)35-27(23)30-25)31-12-14-32(15-13-31)36(33,34)22-8-4-6-19-7-5-11-28-24(19)22/h4-8,11,17-18H,9-10,12-16H2,1-3H3. The number of aryl methyl sites for hydroxylation is 1. The molecule has 1 aromatic carbocycles. The van der Waals surface area contributed by atoms with Gasteiger partial charge in [-0.15, -0.1) is 11.3 Å². The molecule has 1 atom stereocenters. The first-order valence-electron chi connectivity index (χ1n) is 12.7. The molecule has 2 aliphatic rings. The van der Waals surface area contributed by atoms with Crippen LogP contribution < -0.4 is 4.90 Å². The first-order valence-corrected chi connectivity index (χ1v) is 15.0. The third-order valence-corrected chi connectivity index (χ3v) is 10.5. The van der Waals surface area contributed by atoms with Crippen molar-refractivity contribution in [1.82, 2.24) is 19.3 Å². The van der Waals surface area contributed by atoms with Crippen molar-refractivity contribution in [1.29, 1.82) is 0 Å². The summed E-state index contributed by atoms with van der Waals surface area (Å²) in [5, 5.41) is 2.03. The Morgan fingerprint density at radius 1 is 1.06 bits per heavy atom. The fraction of sp³-hybridized carbons (Fsp3) is 0.444. The first kappa shape index (κ1) is 23.8. The Balaban J connectivity index is 1.33. The molecule has 1 saturated heterocycles. The van der Waals surface area contributed by atoms with Crippen LogP contribution in [0.5, 0.6) is 0 Å². The van der Waals surface area contributed by atoms with E-state index in [2.05, 4.69) is 30.7 Å². The zero-order valence-electron chi connectivity index (χ0n) is 20.9. The molecule has 1 unspecified atom stereocenters. The Bertz CT molecular complexity index is 1550. The van der Waals surface area contributed by atoms with Crippen LogP contribution in [-0.2, 0) is 22.9 Å². The fourth-order valence-electron chi connectivity index (χ4n) is 5.39.